The molecule has 2 nitrogen and oxygen atoms in total. The van der Waals surface area contributed by atoms with Gasteiger partial charge in [-0.05, 0) is 81.6 Å². The molecule has 2 atom stereocenters. The fourth-order valence-corrected chi connectivity index (χ4v) is 4.19. The lowest BCUT2D eigenvalue weighted by Gasteiger charge is -2.37. The standard InChI is InChI=1S/C22H28FNO/c1-24(2)16-6-15-22(25)20-9-4-3-7-17(20)8-5-10-21(22)18-11-13-19(23)14-12-18/h3-4,7,9,11-14,21,25H,5-6,8,10,15-16H2,1-2H3/t21-,22-/m0/s1. The van der Waals surface area contributed by atoms with Crippen molar-refractivity contribution in [3.05, 3.63) is 71.0 Å². The minimum Gasteiger partial charge on any atom is -0.385 e. The zero-order valence-corrected chi connectivity index (χ0v) is 15.2. The van der Waals surface area contributed by atoms with Crippen LogP contribution in [0.1, 0.15) is 48.3 Å². The van der Waals surface area contributed by atoms with Gasteiger partial charge in [-0.15, -0.1) is 0 Å². The molecule has 2 aromatic carbocycles. The van der Waals surface area contributed by atoms with Gasteiger partial charge in [0, 0.05) is 5.92 Å². The van der Waals surface area contributed by atoms with Crippen LogP contribution >= 0.6 is 0 Å². The van der Waals surface area contributed by atoms with Crippen LogP contribution in [-0.4, -0.2) is 30.6 Å². The number of halogens is 1. The zero-order valence-electron chi connectivity index (χ0n) is 15.2. The highest BCUT2D eigenvalue weighted by Gasteiger charge is 2.41. The molecule has 1 aliphatic carbocycles. The van der Waals surface area contributed by atoms with Crippen LogP contribution in [0.4, 0.5) is 4.39 Å². The summed E-state index contributed by atoms with van der Waals surface area (Å²) in [6, 6.07) is 15.0. The Bertz CT molecular complexity index is 697. The molecule has 0 aromatic heterocycles. The average molecular weight is 341 g/mol. The highest BCUT2D eigenvalue weighted by Crippen LogP contribution is 2.47. The molecular formula is C22H28FNO. The van der Waals surface area contributed by atoms with Gasteiger partial charge < -0.3 is 10.0 Å². The van der Waals surface area contributed by atoms with Crippen molar-refractivity contribution in [2.24, 2.45) is 0 Å². The smallest absolute Gasteiger partial charge is 0.123 e. The number of rotatable bonds is 5. The first-order valence-corrected chi connectivity index (χ1v) is 9.21. The molecule has 1 N–H and O–H groups in total. The Morgan fingerprint density at radius 3 is 2.56 bits per heavy atom. The second-order valence-corrected chi connectivity index (χ2v) is 7.48. The van der Waals surface area contributed by atoms with E-state index in [0.717, 1.165) is 43.4 Å². The molecule has 0 aliphatic heterocycles. The van der Waals surface area contributed by atoms with Gasteiger partial charge in [-0.25, -0.2) is 4.39 Å². The maximum absolute atomic E-state index is 13.4. The molecule has 0 bridgehead atoms. The van der Waals surface area contributed by atoms with Gasteiger partial charge in [0.05, 0.1) is 5.60 Å². The lowest BCUT2D eigenvalue weighted by atomic mass is 9.73. The largest absolute Gasteiger partial charge is 0.385 e. The van der Waals surface area contributed by atoms with Crippen molar-refractivity contribution >= 4 is 0 Å². The van der Waals surface area contributed by atoms with Crippen molar-refractivity contribution in [2.75, 3.05) is 20.6 Å². The molecule has 1 aliphatic rings. The molecule has 0 fully saturated rings. The van der Waals surface area contributed by atoms with E-state index in [1.807, 2.05) is 18.2 Å². The van der Waals surface area contributed by atoms with E-state index in [9.17, 15) is 9.50 Å². The number of hydrogen-bond donors (Lipinski definition) is 1. The summed E-state index contributed by atoms with van der Waals surface area (Å²) >= 11 is 0. The second kappa shape index (κ2) is 7.67. The van der Waals surface area contributed by atoms with Gasteiger partial charge in [-0.1, -0.05) is 36.4 Å². The molecule has 0 heterocycles. The number of aryl methyl sites for hydroxylation is 1. The molecule has 0 radical (unpaired) electrons. The summed E-state index contributed by atoms with van der Waals surface area (Å²) < 4.78 is 13.4. The van der Waals surface area contributed by atoms with Crippen LogP contribution in [0.25, 0.3) is 0 Å². The Morgan fingerprint density at radius 2 is 1.84 bits per heavy atom. The summed E-state index contributed by atoms with van der Waals surface area (Å²) in [5.41, 5.74) is 2.44. The van der Waals surface area contributed by atoms with E-state index in [0.29, 0.717) is 6.42 Å². The molecule has 3 heteroatoms. The van der Waals surface area contributed by atoms with Gasteiger partial charge in [-0.3, -0.25) is 0 Å². The maximum atomic E-state index is 13.4. The van der Waals surface area contributed by atoms with Crippen LogP contribution in [0, 0.1) is 5.82 Å². The van der Waals surface area contributed by atoms with Crippen molar-refractivity contribution in [1.29, 1.82) is 0 Å². The quantitative estimate of drug-likeness (QED) is 0.811. The minimum absolute atomic E-state index is 0.00101. The third-order valence-electron chi connectivity index (χ3n) is 5.43. The van der Waals surface area contributed by atoms with Crippen molar-refractivity contribution in [1.82, 2.24) is 4.90 Å². The van der Waals surface area contributed by atoms with Crippen LogP contribution in [0.2, 0.25) is 0 Å². The van der Waals surface area contributed by atoms with E-state index in [-0.39, 0.29) is 11.7 Å². The van der Waals surface area contributed by atoms with Crippen LogP contribution < -0.4 is 0 Å². The highest BCUT2D eigenvalue weighted by molar-refractivity contribution is 5.38. The third-order valence-corrected chi connectivity index (χ3v) is 5.43. The Hall–Kier alpha value is -1.71. The number of benzene rings is 2. The topological polar surface area (TPSA) is 23.5 Å². The fraction of sp³-hybridized carbons (Fsp3) is 0.455. The predicted octanol–water partition coefficient (Wildman–Crippen LogP) is 4.48. The van der Waals surface area contributed by atoms with Gasteiger partial charge in [0.15, 0.2) is 0 Å². The first-order chi connectivity index (χ1) is 12.0. The summed E-state index contributed by atoms with van der Waals surface area (Å²) in [7, 11) is 4.12. The molecule has 0 spiro atoms. The molecule has 3 rings (SSSR count). The van der Waals surface area contributed by atoms with Gasteiger partial charge >= 0.3 is 0 Å². The minimum atomic E-state index is -0.902. The van der Waals surface area contributed by atoms with E-state index in [1.165, 1.54) is 17.7 Å². The SMILES string of the molecule is CN(C)CCC[C@]1(O)c2ccccc2CCC[C@H]1c1ccc(F)cc1. The van der Waals surface area contributed by atoms with Crippen molar-refractivity contribution in [3.8, 4) is 0 Å². The van der Waals surface area contributed by atoms with Gasteiger partial charge in [0.1, 0.15) is 5.82 Å². The van der Waals surface area contributed by atoms with E-state index in [2.05, 4.69) is 37.2 Å². The van der Waals surface area contributed by atoms with Gasteiger partial charge in [0.2, 0.25) is 0 Å². The van der Waals surface area contributed by atoms with Gasteiger partial charge in [-0.2, -0.15) is 0 Å². The second-order valence-electron chi connectivity index (χ2n) is 7.48. The summed E-state index contributed by atoms with van der Waals surface area (Å²) in [6.45, 7) is 0.945. The zero-order chi connectivity index (χ0) is 17.9. The molecule has 134 valence electrons. The number of hydrogen-bond acceptors (Lipinski definition) is 2. The molecule has 25 heavy (non-hydrogen) atoms. The fourth-order valence-electron chi connectivity index (χ4n) is 4.19. The van der Waals surface area contributed by atoms with Crippen molar-refractivity contribution in [2.45, 2.75) is 43.6 Å². The Labute approximate surface area is 150 Å². The first-order valence-electron chi connectivity index (χ1n) is 9.21. The van der Waals surface area contributed by atoms with Crippen LogP contribution in [0.5, 0.6) is 0 Å². The molecule has 0 saturated heterocycles. The summed E-state index contributed by atoms with van der Waals surface area (Å²) in [5.74, 6) is -0.229. The predicted molar refractivity (Wildman–Crippen MR) is 100 cm³/mol. The highest BCUT2D eigenvalue weighted by atomic mass is 19.1. The van der Waals surface area contributed by atoms with E-state index >= 15 is 0 Å². The van der Waals surface area contributed by atoms with Crippen LogP contribution in [0.3, 0.4) is 0 Å². The van der Waals surface area contributed by atoms with E-state index < -0.39 is 5.60 Å². The lowest BCUT2D eigenvalue weighted by molar-refractivity contribution is -0.00607. The lowest BCUT2D eigenvalue weighted by Crippen LogP contribution is -2.34. The normalized spacial score (nSPS) is 23.3. The number of fused-ring (bicyclic) bond motifs is 1. The van der Waals surface area contributed by atoms with E-state index in [1.54, 1.807) is 0 Å². The van der Waals surface area contributed by atoms with Crippen LogP contribution in [0.15, 0.2) is 48.5 Å². The van der Waals surface area contributed by atoms with Crippen molar-refractivity contribution in [3.63, 3.8) is 0 Å². The molecular weight excluding hydrogens is 313 g/mol. The Balaban J connectivity index is 2.00. The molecule has 2 aromatic rings. The third kappa shape index (κ3) is 3.94. The Morgan fingerprint density at radius 1 is 1.12 bits per heavy atom. The van der Waals surface area contributed by atoms with Crippen molar-refractivity contribution < 1.29 is 9.50 Å². The molecule has 0 amide bonds. The van der Waals surface area contributed by atoms with Crippen LogP contribution in [-0.2, 0) is 12.0 Å². The monoisotopic (exact) mass is 341 g/mol. The summed E-state index contributed by atoms with van der Waals surface area (Å²) in [4.78, 5) is 2.15. The average Bonchev–Trinajstić information content (AvgIpc) is 2.73. The summed E-state index contributed by atoms with van der Waals surface area (Å²) in [5, 5.41) is 11.9. The Kier molecular flexibility index (Phi) is 5.55. The maximum Gasteiger partial charge on any atom is 0.123 e. The molecule has 0 unspecified atom stereocenters. The summed E-state index contributed by atoms with van der Waals surface area (Å²) in [6.07, 6.45) is 4.58. The number of aliphatic hydroxyl groups is 1. The molecule has 0 saturated carbocycles. The first kappa shape index (κ1) is 18.1. The number of nitrogens with zero attached hydrogens (tertiary/aromatic N) is 1. The van der Waals surface area contributed by atoms with E-state index in [4.69, 9.17) is 0 Å². The van der Waals surface area contributed by atoms with Gasteiger partial charge in [0.25, 0.3) is 0 Å².